The molecule has 2 aromatic heterocycles. The van der Waals surface area contributed by atoms with Crippen molar-refractivity contribution in [1.82, 2.24) is 14.8 Å². The van der Waals surface area contributed by atoms with Gasteiger partial charge in [-0.2, -0.15) is 0 Å². The Morgan fingerprint density at radius 1 is 1.35 bits per heavy atom. The molecule has 6 nitrogen and oxygen atoms in total. The number of likely N-dealkylation sites (tertiary alicyclic amines) is 1. The fourth-order valence-corrected chi connectivity index (χ4v) is 5.30. The van der Waals surface area contributed by atoms with Crippen LogP contribution in [0.3, 0.4) is 0 Å². The van der Waals surface area contributed by atoms with Crippen LogP contribution in [-0.4, -0.2) is 53.3 Å². The molecule has 0 saturated carbocycles. The van der Waals surface area contributed by atoms with Gasteiger partial charge in [0.05, 0.1) is 16.5 Å². The zero-order valence-corrected chi connectivity index (χ0v) is 16.4. The highest BCUT2D eigenvalue weighted by atomic mass is 32.1. The molecule has 0 bridgehead atoms. The molecule has 1 atom stereocenters. The molecule has 4 heterocycles. The SMILES string of the molecule is CN1CCc2nc(NC(=O)C3CCCN(C(=O)c4cccs4)C3)sc2C1. The zero-order chi connectivity index (χ0) is 18.1. The fraction of sp³-hybridized carbons (Fsp3) is 0.500. The van der Waals surface area contributed by atoms with Crippen molar-refractivity contribution in [3.8, 4) is 0 Å². The summed E-state index contributed by atoms with van der Waals surface area (Å²) in [4.78, 5) is 35.9. The third-order valence-electron chi connectivity index (χ3n) is 4.96. The Hall–Kier alpha value is -1.77. The molecule has 1 saturated heterocycles. The molecule has 4 rings (SSSR count). The van der Waals surface area contributed by atoms with Crippen LogP contribution in [0.1, 0.15) is 33.1 Å². The van der Waals surface area contributed by atoms with E-state index in [1.807, 2.05) is 17.5 Å². The van der Waals surface area contributed by atoms with Crippen molar-refractivity contribution in [2.45, 2.75) is 25.8 Å². The summed E-state index contributed by atoms with van der Waals surface area (Å²) >= 11 is 3.02. The normalized spacial score (nSPS) is 20.7. The van der Waals surface area contributed by atoms with Crippen molar-refractivity contribution in [3.05, 3.63) is 33.0 Å². The monoisotopic (exact) mass is 390 g/mol. The van der Waals surface area contributed by atoms with Gasteiger partial charge in [-0.3, -0.25) is 9.59 Å². The number of carbonyl (C=O) groups is 2. The summed E-state index contributed by atoms with van der Waals surface area (Å²) in [6, 6.07) is 3.72. The van der Waals surface area contributed by atoms with E-state index in [1.165, 1.54) is 16.2 Å². The second-order valence-corrected chi connectivity index (χ2v) is 8.96. The van der Waals surface area contributed by atoms with E-state index < -0.39 is 0 Å². The summed E-state index contributed by atoms with van der Waals surface area (Å²) in [5.41, 5.74) is 1.11. The highest BCUT2D eigenvalue weighted by Gasteiger charge is 2.30. The Kier molecular flexibility index (Phi) is 5.06. The number of likely N-dealkylation sites (N-methyl/N-ethyl adjacent to an activating group) is 1. The van der Waals surface area contributed by atoms with Gasteiger partial charge in [0.15, 0.2) is 5.13 Å². The number of anilines is 1. The Labute approximate surface area is 160 Å². The van der Waals surface area contributed by atoms with E-state index in [0.29, 0.717) is 11.7 Å². The number of nitrogens with one attached hydrogen (secondary N) is 1. The van der Waals surface area contributed by atoms with Gasteiger partial charge in [0.1, 0.15) is 0 Å². The molecule has 1 unspecified atom stereocenters. The lowest BCUT2D eigenvalue weighted by molar-refractivity contribution is -0.121. The van der Waals surface area contributed by atoms with Crippen LogP contribution in [0.4, 0.5) is 5.13 Å². The van der Waals surface area contributed by atoms with Crippen molar-refractivity contribution in [2.75, 3.05) is 32.0 Å². The smallest absolute Gasteiger partial charge is 0.263 e. The summed E-state index contributed by atoms with van der Waals surface area (Å²) in [6.45, 7) is 3.11. The van der Waals surface area contributed by atoms with E-state index in [4.69, 9.17) is 0 Å². The molecule has 0 radical (unpaired) electrons. The van der Waals surface area contributed by atoms with E-state index in [1.54, 1.807) is 16.2 Å². The van der Waals surface area contributed by atoms with Crippen molar-refractivity contribution in [2.24, 2.45) is 5.92 Å². The maximum Gasteiger partial charge on any atom is 0.263 e. The van der Waals surface area contributed by atoms with Crippen LogP contribution >= 0.6 is 22.7 Å². The molecule has 138 valence electrons. The number of thiophene rings is 1. The molecule has 1 N–H and O–H groups in total. The second kappa shape index (κ2) is 7.46. The highest BCUT2D eigenvalue weighted by molar-refractivity contribution is 7.15. The number of piperidine rings is 1. The first kappa shape index (κ1) is 17.6. The van der Waals surface area contributed by atoms with Gasteiger partial charge in [-0.05, 0) is 31.3 Å². The minimum absolute atomic E-state index is 0.0202. The molecule has 2 aliphatic rings. The number of thiazole rings is 1. The molecule has 0 aromatic carbocycles. The number of aromatic nitrogens is 1. The third-order valence-corrected chi connectivity index (χ3v) is 6.82. The topological polar surface area (TPSA) is 65.5 Å². The second-order valence-electron chi connectivity index (χ2n) is 6.93. The average Bonchev–Trinajstić information content (AvgIpc) is 3.30. The maximum absolute atomic E-state index is 12.7. The summed E-state index contributed by atoms with van der Waals surface area (Å²) in [7, 11) is 2.10. The largest absolute Gasteiger partial charge is 0.337 e. The average molecular weight is 391 g/mol. The zero-order valence-electron chi connectivity index (χ0n) is 14.7. The van der Waals surface area contributed by atoms with Gasteiger partial charge in [0.2, 0.25) is 5.91 Å². The molecule has 1 fully saturated rings. The van der Waals surface area contributed by atoms with Gasteiger partial charge in [-0.1, -0.05) is 6.07 Å². The van der Waals surface area contributed by atoms with E-state index in [2.05, 4.69) is 22.2 Å². The maximum atomic E-state index is 12.7. The van der Waals surface area contributed by atoms with Gasteiger partial charge in [-0.25, -0.2) is 4.98 Å². The van der Waals surface area contributed by atoms with Crippen LogP contribution in [0.2, 0.25) is 0 Å². The molecule has 8 heteroatoms. The van der Waals surface area contributed by atoms with Crippen LogP contribution in [-0.2, 0) is 17.8 Å². The molecule has 2 aliphatic heterocycles. The van der Waals surface area contributed by atoms with Gasteiger partial charge >= 0.3 is 0 Å². The van der Waals surface area contributed by atoms with Crippen molar-refractivity contribution >= 4 is 39.6 Å². The minimum atomic E-state index is -0.170. The van der Waals surface area contributed by atoms with Crippen LogP contribution in [0.5, 0.6) is 0 Å². The van der Waals surface area contributed by atoms with Crippen LogP contribution in [0.25, 0.3) is 0 Å². The summed E-state index contributed by atoms with van der Waals surface area (Å²) in [5.74, 6) is -0.158. The number of nitrogens with zero attached hydrogens (tertiary/aromatic N) is 3. The lowest BCUT2D eigenvalue weighted by Gasteiger charge is -2.31. The lowest BCUT2D eigenvalue weighted by atomic mass is 9.97. The molecular weight excluding hydrogens is 368 g/mol. The highest BCUT2D eigenvalue weighted by Crippen LogP contribution is 2.29. The first-order chi connectivity index (χ1) is 12.6. The molecule has 0 spiro atoms. The fourth-order valence-electron chi connectivity index (χ4n) is 3.52. The Morgan fingerprint density at radius 2 is 2.23 bits per heavy atom. The van der Waals surface area contributed by atoms with Gasteiger partial charge in [0, 0.05) is 37.5 Å². The van der Waals surface area contributed by atoms with Gasteiger partial charge in [-0.15, -0.1) is 22.7 Å². The van der Waals surface area contributed by atoms with E-state index in [0.717, 1.165) is 49.5 Å². The first-order valence-corrected chi connectivity index (χ1v) is 10.6. The van der Waals surface area contributed by atoms with E-state index in [9.17, 15) is 9.59 Å². The van der Waals surface area contributed by atoms with Gasteiger partial charge < -0.3 is 15.1 Å². The number of hydrogen-bond acceptors (Lipinski definition) is 6. The predicted octanol–water partition coefficient (Wildman–Crippen LogP) is 2.68. The van der Waals surface area contributed by atoms with Crippen molar-refractivity contribution in [1.29, 1.82) is 0 Å². The minimum Gasteiger partial charge on any atom is -0.337 e. The van der Waals surface area contributed by atoms with Gasteiger partial charge in [0.25, 0.3) is 5.91 Å². The van der Waals surface area contributed by atoms with Crippen LogP contribution in [0, 0.1) is 5.92 Å². The predicted molar refractivity (Wildman–Crippen MR) is 104 cm³/mol. The molecule has 0 aliphatic carbocycles. The number of carbonyl (C=O) groups excluding carboxylic acids is 2. The van der Waals surface area contributed by atoms with E-state index in [-0.39, 0.29) is 17.7 Å². The summed E-state index contributed by atoms with van der Waals surface area (Å²) in [5, 5.41) is 5.59. The number of fused-ring (bicyclic) bond motifs is 1. The summed E-state index contributed by atoms with van der Waals surface area (Å²) < 4.78 is 0. The van der Waals surface area contributed by atoms with E-state index >= 15 is 0 Å². The number of hydrogen-bond donors (Lipinski definition) is 1. The number of amides is 2. The standard InChI is InChI=1S/C18H22N4O2S2/c1-21-8-6-13-15(11-21)26-18(19-13)20-16(23)12-4-2-7-22(10-12)17(24)14-5-3-9-25-14/h3,5,9,12H,2,4,6-8,10-11H2,1H3,(H,19,20,23). The lowest BCUT2D eigenvalue weighted by Crippen LogP contribution is -2.43. The van der Waals surface area contributed by atoms with Crippen LogP contribution < -0.4 is 5.32 Å². The Bertz CT molecular complexity index is 802. The molecule has 26 heavy (non-hydrogen) atoms. The molecule has 2 aromatic rings. The molecular formula is C18H22N4O2S2. The van der Waals surface area contributed by atoms with Crippen molar-refractivity contribution < 1.29 is 9.59 Å². The third kappa shape index (κ3) is 3.67. The van der Waals surface area contributed by atoms with Crippen LogP contribution in [0.15, 0.2) is 17.5 Å². The van der Waals surface area contributed by atoms with Crippen molar-refractivity contribution in [3.63, 3.8) is 0 Å². The first-order valence-electron chi connectivity index (χ1n) is 8.91. The Morgan fingerprint density at radius 3 is 3.04 bits per heavy atom. The molecule has 2 amide bonds. The summed E-state index contributed by atoms with van der Waals surface area (Å²) in [6.07, 6.45) is 2.60. The Balaban J connectivity index is 1.39. The quantitative estimate of drug-likeness (QED) is 0.875. The number of rotatable bonds is 3.